The Bertz CT molecular complexity index is 451. The highest BCUT2D eigenvalue weighted by Crippen LogP contribution is 2.24. The van der Waals surface area contributed by atoms with E-state index in [-0.39, 0.29) is 24.1 Å². The molecule has 2 aliphatic heterocycles. The molecule has 2 rings (SSSR count). The van der Waals surface area contributed by atoms with E-state index in [9.17, 15) is 14.4 Å². The fourth-order valence-electron chi connectivity index (χ4n) is 2.24. The van der Waals surface area contributed by atoms with Crippen LogP contribution >= 0.6 is 0 Å². The van der Waals surface area contributed by atoms with Gasteiger partial charge in [-0.2, -0.15) is 0 Å². The zero-order valence-corrected chi connectivity index (χ0v) is 9.66. The fourth-order valence-corrected chi connectivity index (χ4v) is 2.24. The lowest BCUT2D eigenvalue weighted by Gasteiger charge is -2.29. The van der Waals surface area contributed by atoms with E-state index in [1.807, 2.05) is 6.92 Å². The normalized spacial score (nSPS) is 25.4. The van der Waals surface area contributed by atoms with Gasteiger partial charge in [-0.25, -0.2) is 0 Å². The first kappa shape index (κ1) is 11.6. The van der Waals surface area contributed by atoms with E-state index in [2.05, 4.69) is 11.9 Å². The first-order chi connectivity index (χ1) is 8.04. The molecule has 0 aromatic carbocycles. The number of piperidine rings is 1. The van der Waals surface area contributed by atoms with Gasteiger partial charge in [-0.05, 0) is 18.9 Å². The molecule has 2 aliphatic rings. The zero-order chi connectivity index (χ0) is 12.6. The van der Waals surface area contributed by atoms with Crippen molar-refractivity contribution in [2.45, 2.75) is 25.8 Å². The van der Waals surface area contributed by atoms with Gasteiger partial charge in [0.05, 0.1) is 0 Å². The molecule has 3 amide bonds. The number of amides is 3. The summed E-state index contributed by atoms with van der Waals surface area (Å²) in [5, 5.41) is 2.26. The standard InChI is InChI=1S/C12H14N2O3/c1-3-8-7(2)6-14(12(8)17)9-4-5-10(15)13-11(9)16/h3,9H,1,4-6H2,2H3,(H,13,15,16). The van der Waals surface area contributed by atoms with E-state index in [4.69, 9.17) is 0 Å². The van der Waals surface area contributed by atoms with Gasteiger partial charge in [0.2, 0.25) is 11.8 Å². The number of hydrogen-bond acceptors (Lipinski definition) is 3. The molecule has 2 heterocycles. The molecule has 1 atom stereocenters. The molecule has 1 saturated heterocycles. The summed E-state index contributed by atoms with van der Waals surface area (Å²) in [7, 11) is 0. The first-order valence-corrected chi connectivity index (χ1v) is 5.51. The monoisotopic (exact) mass is 234 g/mol. The van der Waals surface area contributed by atoms with Gasteiger partial charge >= 0.3 is 0 Å². The molecule has 0 aliphatic carbocycles. The predicted octanol–water partition coefficient (Wildman–Crippen LogP) is 0.136. The van der Waals surface area contributed by atoms with Gasteiger partial charge in [0.1, 0.15) is 6.04 Å². The van der Waals surface area contributed by atoms with Gasteiger partial charge in [-0.15, -0.1) is 0 Å². The maximum Gasteiger partial charge on any atom is 0.254 e. The van der Waals surface area contributed by atoms with Crippen LogP contribution in [0.15, 0.2) is 23.8 Å². The Hall–Kier alpha value is -1.91. The number of nitrogens with one attached hydrogen (secondary N) is 1. The highest BCUT2D eigenvalue weighted by Gasteiger charge is 2.38. The smallest absolute Gasteiger partial charge is 0.254 e. The number of nitrogens with zero attached hydrogens (tertiary/aromatic N) is 1. The average Bonchev–Trinajstić information content (AvgIpc) is 2.54. The third-order valence-corrected chi connectivity index (χ3v) is 3.15. The van der Waals surface area contributed by atoms with Crippen molar-refractivity contribution in [2.75, 3.05) is 6.54 Å². The van der Waals surface area contributed by atoms with Crippen LogP contribution in [0, 0.1) is 0 Å². The minimum Gasteiger partial charge on any atom is -0.323 e. The Kier molecular flexibility index (Phi) is 2.83. The highest BCUT2D eigenvalue weighted by atomic mass is 16.2. The first-order valence-electron chi connectivity index (χ1n) is 5.51. The highest BCUT2D eigenvalue weighted by molar-refractivity contribution is 6.05. The SMILES string of the molecule is C=CC1=C(C)CN(C2CCC(=O)NC2=O)C1=O. The van der Waals surface area contributed by atoms with Gasteiger partial charge < -0.3 is 4.90 Å². The zero-order valence-electron chi connectivity index (χ0n) is 9.66. The minimum atomic E-state index is -0.535. The van der Waals surface area contributed by atoms with E-state index in [1.165, 1.54) is 11.0 Å². The molecule has 0 saturated carbocycles. The lowest BCUT2D eigenvalue weighted by Crippen LogP contribution is -2.53. The molecule has 0 spiro atoms. The van der Waals surface area contributed by atoms with Gasteiger partial charge in [0.25, 0.3) is 5.91 Å². The Morgan fingerprint density at radius 3 is 2.65 bits per heavy atom. The fraction of sp³-hybridized carbons (Fsp3) is 0.417. The summed E-state index contributed by atoms with van der Waals surface area (Å²) in [6.45, 7) is 5.88. The van der Waals surface area contributed by atoms with E-state index in [1.54, 1.807) is 0 Å². The summed E-state index contributed by atoms with van der Waals surface area (Å²) in [6.07, 6.45) is 2.19. The summed E-state index contributed by atoms with van der Waals surface area (Å²) in [6, 6.07) is -0.535. The molecule has 1 fully saturated rings. The maximum atomic E-state index is 12.0. The average molecular weight is 234 g/mol. The Morgan fingerprint density at radius 2 is 2.12 bits per heavy atom. The van der Waals surface area contributed by atoms with Crippen LogP contribution in [0.5, 0.6) is 0 Å². The third-order valence-electron chi connectivity index (χ3n) is 3.15. The summed E-state index contributed by atoms with van der Waals surface area (Å²) in [5.41, 5.74) is 1.48. The van der Waals surface area contributed by atoms with Crippen LogP contribution in [-0.4, -0.2) is 35.2 Å². The number of carbonyl (C=O) groups excluding carboxylic acids is 3. The van der Waals surface area contributed by atoms with E-state index >= 15 is 0 Å². The maximum absolute atomic E-state index is 12.0. The van der Waals surface area contributed by atoms with Crippen LogP contribution in [0.25, 0.3) is 0 Å². The molecule has 5 heteroatoms. The second-order valence-corrected chi connectivity index (χ2v) is 4.30. The van der Waals surface area contributed by atoms with Crippen molar-refractivity contribution in [1.29, 1.82) is 0 Å². The van der Waals surface area contributed by atoms with Gasteiger partial charge in [-0.3, -0.25) is 19.7 Å². The molecule has 90 valence electrons. The van der Waals surface area contributed by atoms with Crippen LogP contribution < -0.4 is 5.32 Å². The van der Waals surface area contributed by atoms with Gasteiger partial charge in [0.15, 0.2) is 0 Å². The molecule has 5 nitrogen and oxygen atoms in total. The number of carbonyl (C=O) groups is 3. The van der Waals surface area contributed by atoms with Crippen LogP contribution in [0.1, 0.15) is 19.8 Å². The van der Waals surface area contributed by atoms with Crippen molar-refractivity contribution < 1.29 is 14.4 Å². The molecule has 0 aromatic heterocycles. The predicted molar refractivity (Wildman–Crippen MR) is 60.8 cm³/mol. The van der Waals surface area contributed by atoms with Crippen molar-refractivity contribution in [2.24, 2.45) is 0 Å². The molecule has 0 radical (unpaired) electrons. The molecule has 1 unspecified atom stereocenters. The number of hydrogen-bond donors (Lipinski definition) is 1. The topological polar surface area (TPSA) is 66.5 Å². The molecular weight excluding hydrogens is 220 g/mol. The Morgan fingerprint density at radius 1 is 1.41 bits per heavy atom. The summed E-state index contributed by atoms with van der Waals surface area (Å²) in [4.78, 5) is 36.2. The molecule has 17 heavy (non-hydrogen) atoms. The molecule has 1 N–H and O–H groups in total. The van der Waals surface area contributed by atoms with Crippen LogP contribution in [-0.2, 0) is 14.4 Å². The summed E-state index contributed by atoms with van der Waals surface area (Å²) < 4.78 is 0. The van der Waals surface area contributed by atoms with E-state index < -0.39 is 6.04 Å². The lowest BCUT2D eigenvalue weighted by atomic mass is 10.0. The molecule has 0 aromatic rings. The Labute approximate surface area is 99.2 Å². The molecular formula is C12H14N2O3. The molecule has 0 bridgehead atoms. The van der Waals surface area contributed by atoms with Crippen molar-refractivity contribution in [1.82, 2.24) is 10.2 Å². The number of rotatable bonds is 2. The number of imide groups is 1. The Balaban J connectivity index is 2.16. The summed E-state index contributed by atoms with van der Waals surface area (Å²) in [5.74, 6) is -0.828. The quantitative estimate of drug-likeness (QED) is 0.691. The van der Waals surface area contributed by atoms with E-state index in [0.29, 0.717) is 18.5 Å². The summed E-state index contributed by atoms with van der Waals surface area (Å²) >= 11 is 0. The van der Waals surface area contributed by atoms with Crippen molar-refractivity contribution in [3.8, 4) is 0 Å². The van der Waals surface area contributed by atoms with Crippen LogP contribution in [0.4, 0.5) is 0 Å². The van der Waals surface area contributed by atoms with E-state index in [0.717, 1.165) is 5.57 Å². The second kappa shape index (κ2) is 4.16. The van der Waals surface area contributed by atoms with Crippen LogP contribution in [0.3, 0.4) is 0 Å². The van der Waals surface area contributed by atoms with Crippen molar-refractivity contribution in [3.05, 3.63) is 23.8 Å². The largest absolute Gasteiger partial charge is 0.323 e. The third kappa shape index (κ3) is 1.88. The van der Waals surface area contributed by atoms with Crippen molar-refractivity contribution in [3.63, 3.8) is 0 Å². The van der Waals surface area contributed by atoms with Crippen molar-refractivity contribution >= 4 is 17.7 Å². The van der Waals surface area contributed by atoms with Crippen LogP contribution in [0.2, 0.25) is 0 Å². The lowest BCUT2D eigenvalue weighted by molar-refractivity contribution is -0.142. The minimum absolute atomic E-state index is 0.174. The van der Waals surface area contributed by atoms with Gasteiger partial charge in [0, 0.05) is 18.5 Å². The van der Waals surface area contributed by atoms with Gasteiger partial charge in [-0.1, -0.05) is 12.7 Å². The second-order valence-electron chi connectivity index (χ2n) is 4.30.